The van der Waals surface area contributed by atoms with Crippen molar-refractivity contribution in [2.75, 3.05) is 44.4 Å². The second-order valence-corrected chi connectivity index (χ2v) is 5.47. The van der Waals surface area contributed by atoms with Crippen LogP contribution in [0.2, 0.25) is 5.02 Å². The van der Waals surface area contributed by atoms with Crippen LogP contribution < -0.4 is 10.6 Å². The van der Waals surface area contributed by atoms with Crippen molar-refractivity contribution in [2.45, 2.75) is 12.8 Å². The zero-order valence-electron chi connectivity index (χ0n) is 10.9. The number of nitrogens with two attached hydrogens (primary N) is 1. The van der Waals surface area contributed by atoms with Crippen LogP contribution in [-0.2, 0) is 0 Å². The van der Waals surface area contributed by atoms with Gasteiger partial charge in [0.05, 0.1) is 0 Å². The Hall–Kier alpha value is -1.07. The van der Waals surface area contributed by atoms with E-state index in [1.165, 1.54) is 19.2 Å². The molecule has 0 aliphatic carbocycles. The Morgan fingerprint density at radius 1 is 1.39 bits per heavy atom. The first kappa shape index (κ1) is 13.4. The van der Waals surface area contributed by atoms with Gasteiger partial charge in [-0.25, -0.2) is 9.97 Å². The number of nitrogen functional groups attached to an aromatic ring is 1. The molecule has 1 aromatic rings. The Labute approximate surface area is 113 Å². The lowest BCUT2D eigenvalue weighted by Gasteiger charge is -2.34. The molecule has 0 aromatic carbocycles. The van der Waals surface area contributed by atoms with E-state index in [1.807, 2.05) is 0 Å². The van der Waals surface area contributed by atoms with E-state index in [0.717, 1.165) is 31.4 Å². The van der Waals surface area contributed by atoms with Crippen molar-refractivity contribution in [2.24, 2.45) is 5.92 Å². The summed E-state index contributed by atoms with van der Waals surface area (Å²) in [6, 6.07) is 0. The third-order valence-corrected chi connectivity index (χ3v) is 3.70. The van der Waals surface area contributed by atoms with Crippen LogP contribution in [0.15, 0.2) is 6.33 Å². The normalized spacial score (nSPS) is 17.4. The second kappa shape index (κ2) is 5.71. The van der Waals surface area contributed by atoms with Crippen molar-refractivity contribution in [1.82, 2.24) is 14.9 Å². The monoisotopic (exact) mass is 269 g/mol. The highest BCUT2D eigenvalue weighted by atomic mass is 35.5. The molecule has 2 heterocycles. The van der Waals surface area contributed by atoms with Crippen LogP contribution in [0.3, 0.4) is 0 Å². The summed E-state index contributed by atoms with van der Waals surface area (Å²) in [7, 11) is 4.24. The maximum absolute atomic E-state index is 6.15. The molecule has 1 fully saturated rings. The molecule has 0 unspecified atom stereocenters. The van der Waals surface area contributed by atoms with Gasteiger partial charge in [0.25, 0.3) is 0 Å². The highest BCUT2D eigenvalue weighted by molar-refractivity contribution is 6.35. The fourth-order valence-electron chi connectivity index (χ4n) is 2.44. The van der Waals surface area contributed by atoms with Gasteiger partial charge in [0.2, 0.25) is 0 Å². The van der Waals surface area contributed by atoms with Crippen LogP contribution in [-0.4, -0.2) is 48.6 Å². The van der Waals surface area contributed by atoms with Gasteiger partial charge >= 0.3 is 0 Å². The van der Waals surface area contributed by atoms with Gasteiger partial charge < -0.3 is 15.5 Å². The lowest BCUT2D eigenvalue weighted by molar-refractivity contribution is 0.284. The Morgan fingerprint density at radius 3 is 2.67 bits per heavy atom. The Bertz CT molecular complexity index is 401. The van der Waals surface area contributed by atoms with E-state index in [0.29, 0.717) is 10.8 Å². The summed E-state index contributed by atoms with van der Waals surface area (Å²) in [5.41, 5.74) is 5.70. The number of piperidine rings is 1. The van der Waals surface area contributed by atoms with Gasteiger partial charge in [0, 0.05) is 19.6 Å². The molecule has 1 aromatic heterocycles. The second-order valence-electron chi connectivity index (χ2n) is 5.09. The molecule has 2 N–H and O–H groups in total. The third-order valence-electron chi connectivity index (χ3n) is 3.34. The molecule has 0 atom stereocenters. The lowest BCUT2D eigenvalue weighted by atomic mass is 9.96. The van der Waals surface area contributed by atoms with E-state index >= 15 is 0 Å². The molecule has 1 aliphatic rings. The van der Waals surface area contributed by atoms with Gasteiger partial charge in [-0.15, -0.1) is 0 Å². The molecule has 0 spiro atoms. The number of aromatic nitrogens is 2. The number of hydrogen-bond acceptors (Lipinski definition) is 5. The summed E-state index contributed by atoms with van der Waals surface area (Å²) in [6.07, 6.45) is 3.80. The molecule has 0 amide bonds. The van der Waals surface area contributed by atoms with Gasteiger partial charge in [-0.1, -0.05) is 11.6 Å². The summed E-state index contributed by atoms with van der Waals surface area (Å²) in [6.45, 7) is 3.11. The molecule has 6 heteroatoms. The van der Waals surface area contributed by atoms with Crippen molar-refractivity contribution < 1.29 is 0 Å². The van der Waals surface area contributed by atoms with Gasteiger partial charge in [0.15, 0.2) is 5.82 Å². The topological polar surface area (TPSA) is 58.3 Å². The molecule has 1 aliphatic heterocycles. The summed E-state index contributed by atoms with van der Waals surface area (Å²) in [5.74, 6) is 1.89. The predicted octanol–water partition coefficient (Wildman–Crippen LogP) is 1.49. The van der Waals surface area contributed by atoms with Gasteiger partial charge in [-0.3, -0.25) is 0 Å². The number of anilines is 2. The average molecular weight is 270 g/mol. The molecule has 0 saturated carbocycles. The summed E-state index contributed by atoms with van der Waals surface area (Å²) < 4.78 is 0. The first-order chi connectivity index (χ1) is 8.58. The SMILES string of the molecule is CN(C)CC1CCN(c2ncnc(N)c2Cl)CC1. The largest absolute Gasteiger partial charge is 0.382 e. The summed E-state index contributed by atoms with van der Waals surface area (Å²) >= 11 is 6.15. The first-order valence-electron chi connectivity index (χ1n) is 6.23. The van der Waals surface area contributed by atoms with Crippen molar-refractivity contribution in [3.63, 3.8) is 0 Å². The molecule has 2 rings (SSSR count). The Morgan fingerprint density at radius 2 is 2.06 bits per heavy atom. The zero-order valence-corrected chi connectivity index (χ0v) is 11.7. The quantitative estimate of drug-likeness (QED) is 0.901. The third kappa shape index (κ3) is 3.03. The average Bonchev–Trinajstić information content (AvgIpc) is 2.33. The molecule has 1 saturated heterocycles. The minimum absolute atomic E-state index is 0.358. The maximum Gasteiger partial charge on any atom is 0.153 e. The van der Waals surface area contributed by atoms with Gasteiger partial charge in [-0.05, 0) is 32.9 Å². The van der Waals surface area contributed by atoms with Crippen molar-refractivity contribution in [3.05, 3.63) is 11.3 Å². The van der Waals surface area contributed by atoms with E-state index in [9.17, 15) is 0 Å². The van der Waals surface area contributed by atoms with E-state index in [-0.39, 0.29) is 0 Å². The highest BCUT2D eigenvalue weighted by Crippen LogP contribution is 2.30. The Kier molecular flexibility index (Phi) is 4.24. The smallest absolute Gasteiger partial charge is 0.153 e. The van der Waals surface area contributed by atoms with Crippen molar-refractivity contribution >= 4 is 23.2 Å². The van der Waals surface area contributed by atoms with E-state index in [2.05, 4.69) is 33.9 Å². The highest BCUT2D eigenvalue weighted by Gasteiger charge is 2.22. The van der Waals surface area contributed by atoms with Gasteiger partial charge in [-0.2, -0.15) is 0 Å². The van der Waals surface area contributed by atoms with Crippen LogP contribution >= 0.6 is 11.6 Å². The van der Waals surface area contributed by atoms with Crippen molar-refractivity contribution in [1.29, 1.82) is 0 Å². The molecular formula is C12H20ClN5. The number of halogens is 1. The van der Waals surface area contributed by atoms with Crippen molar-refractivity contribution in [3.8, 4) is 0 Å². The molecule has 0 radical (unpaired) electrons. The molecule has 5 nitrogen and oxygen atoms in total. The zero-order chi connectivity index (χ0) is 13.1. The minimum Gasteiger partial charge on any atom is -0.382 e. The van der Waals surface area contributed by atoms with Crippen LogP contribution in [0.5, 0.6) is 0 Å². The fraction of sp³-hybridized carbons (Fsp3) is 0.667. The van der Waals surface area contributed by atoms with E-state index < -0.39 is 0 Å². The number of rotatable bonds is 3. The first-order valence-corrected chi connectivity index (χ1v) is 6.61. The van der Waals surface area contributed by atoms with Crippen LogP contribution in [0.4, 0.5) is 11.6 Å². The lowest BCUT2D eigenvalue weighted by Crippen LogP contribution is -2.37. The summed E-state index contributed by atoms with van der Waals surface area (Å²) in [5, 5.41) is 0.476. The van der Waals surface area contributed by atoms with Crippen LogP contribution in [0.1, 0.15) is 12.8 Å². The van der Waals surface area contributed by atoms with E-state index in [4.69, 9.17) is 17.3 Å². The Balaban J connectivity index is 1.99. The van der Waals surface area contributed by atoms with Gasteiger partial charge in [0.1, 0.15) is 17.2 Å². The molecule has 0 bridgehead atoms. The summed E-state index contributed by atoms with van der Waals surface area (Å²) in [4.78, 5) is 12.6. The molecular weight excluding hydrogens is 250 g/mol. The standard InChI is InChI=1S/C12H20ClN5/c1-17(2)7-9-3-5-18(6-4-9)12-10(13)11(14)15-8-16-12/h8-9H,3-7H2,1-2H3,(H2,14,15,16). The molecule has 18 heavy (non-hydrogen) atoms. The number of nitrogens with zero attached hydrogens (tertiary/aromatic N) is 4. The van der Waals surface area contributed by atoms with Crippen LogP contribution in [0.25, 0.3) is 0 Å². The minimum atomic E-state index is 0.358. The van der Waals surface area contributed by atoms with E-state index in [1.54, 1.807) is 0 Å². The fourth-order valence-corrected chi connectivity index (χ4v) is 2.65. The number of hydrogen-bond donors (Lipinski definition) is 1. The molecule has 100 valence electrons. The predicted molar refractivity (Wildman–Crippen MR) is 74.9 cm³/mol. The maximum atomic E-state index is 6.15. The van der Waals surface area contributed by atoms with Crippen LogP contribution in [0, 0.1) is 5.92 Å².